The Kier molecular flexibility index (Phi) is 6.91. The molecule has 0 spiro atoms. The molecule has 0 aromatic heterocycles. The second-order valence-electron chi connectivity index (χ2n) is 8.25. The number of piperidine rings is 1. The lowest BCUT2D eigenvalue weighted by molar-refractivity contribution is -0.124. The van der Waals surface area contributed by atoms with Gasteiger partial charge in [-0.05, 0) is 63.6 Å². The van der Waals surface area contributed by atoms with Crippen molar-refractivity contribution in [3.05, 3.63) is 64.7 Å². The number of ketones is 1. The minimum Gasteiger partial charge on any atom is -0.299 e. The summed E-state index contributed by atoms with van der Waals surface area (Å²) < 4.78 is 27.5. The first-order valence-corrected chi connectivity index (χ1v) is 11.9. The fourth-order valence-electron chi connectivity index (χ4n) is 4.07. The minimum atomic E-state index is -3.49. The summed E-state index contributed by atoms with van der Waals surface area (Å²) in [5.41, 5.74) is 4.33. The van der Waals surface area contributed by atoms with Gasteiger partial charge in [0.2, 0.25) is 10.0 Å². The van der Waals surface area contributed by atoms with Crippen molar-refractivity contribution in [2.45, 2.75) is 57.8 Å². The Morgan fingerprint density at radius 1 is 0.966 bits per heavy atom. The largest absolute Gasteiger partial charge is 0.299 e. The molecular formula is C24H31NO3S. The molecule has 0 bridgehead atoms. The van der Waals surface area contributed by atoms with Gasteiger partial charge in [0.1, 0.15) is 5.78 Å². The summed E-state index contributed by atoms with van der Waals surface area (Å²) >= 11 is 0. The Bertz CT molecular complexity index is 956. The first-order chi connectivity index (χ1) is 13.8. The zero-order valence-corrected chi connectivity index (χ0v) is 18.5. The summed E-state index contributed by atoms with van der Waals surface area (Å²) in [6, 6.07) is 13.9. The van der Waals surface area contributed by atoms with E-state index < -0.39 is 10.0 Å². The van der Waals surface area contributed by atoms with Crippen LogP contribution in [0.4, 0.5) is 0 Å². The highest BCUT2D eigenvalue weighted by molar-refractivity contribution is 7.89. The van der Waals surface area contributed by atoms with Crippen LogP contribution in [0.1, 0.15) is 47.9 Å². The highest BCUT2D eigenvalue weighted by atomic mass is 32.2. The van der Waals surface area contributed by atoms with E-state index in [2.05, 4.69) is 31.2 Å². The molecule has 29 heavy (non-hydrogen) atoms. The van der Waals surface area contributed by atoms with Gasteiger partial charge in [-0.15, -0.1) is 0 Å². The molecule has 2 aromatic carbocycles. The summed E-state index contributed by atoms with van der Waals surface area (Å²) in [6.07, 6.45) is 3.57. The predicted molar refractivity (Wildman–Crippen MR) is 117 cm³/mol. The van der Waals surface area contributed by atoms with Crippen LogP contribution in [0.15, 0.2) is 47.4 Å². The van der Waals surface area contributed by atoms with Crippen LogP contribution in [0.25, 0.3) is 0 Å². The van der Waals surface area contributed by atoms with E-state index >= 15 is 0 Å². The molecule has 0 amide bonds. The van der Waals surface area contributed by atoms with Crippen molar-refractivity contribution in [2.75, 3.05) is 13.1 Å². The quantitative estimate of drug-likeness (QED) is 0.666. The van der Waals surface area contributed by atoms with Crippen LogP contribution in [-0.4, -0.2) is 31.6 Å². The first-order valence-electron chi connectivity index (χ1n) is 10.4. The van der Waals surface area contributed by atoms with Crippen molar-refractivity contribution in [3.8, 4) is 0 Å². The second kappa shape index (κ2) is 9.23. The number of nitrogens with zero attached hydrogens (tertiary/aromatic N) is 1. The van der Waals surface area contributed by atoms with Crippen LogP contribution in [-0.2, 0) is 21.2 Å². The van der Waals surface area contributed by atoms with Gasteiger partial charge in [0.25, 0.3) is 0 Å². The smallest absolute Gasteiger partial charge is 0.243 e. The first kappa shape index (κ1) is 21.7. The Morgan fingerprint density at radius 3 is 2.21 bits per heavy atom. The van der Waals surface area contributed by atoms with Crippen LogP contribution in [0.3, 0.4) is 0 Å². The van der Waals surface area contributed by atoms with Crippen molar-refractivity contribution in [1.29, 1.82) is 0 Å². The van der Waals surface area contributed by atoms with E-state index in [-0.39, 0.29) is 11.7 Å². The maximum absolute atomic E-state index is 13.0. The van der Waals surface area contributed by atoms with Crippen molar-refractivity contribution in [3.63, 3.8) is 0 Å². The molecule has 1 fully saturated rings. The predicted octanol–water partition coefficient (Wildman–Crippen LogP) is 4.60. The van der Waals surface area contributed by atoms with Gasteiger partial charge in [-0.2, -0.15) is 4.31 Å². The lowest BCUT2D eigenvalue weighted by atomic mass is 9.90. The molecule has 4 nitrogen and oxygen atoms in total. The number of aryl methyl sites for hydroxylation is 4. The molecule has 0 N–H and O–H groups in total. The van der Waals surface area contributed by atoms with Crippen LogP contribution < -0.4 is 0 Å². The molecule has 0 aliphatic carbocycles. The zero-order chi connectivity index (χ0) is 21.0. The molecule has 1 heterocycles. The SMILES string of the molecule is Cc1ccc(CCCC(=O)C2CCN(S(=O)(=O)c3ccc(C)cc3C)CC2)cc1. The van der Waals surface area contributed by atoms with Crippen LogP contribution in [0, 0.1) is 26.7 Å². The number of carbonyl (C=O) groups is 1. The number of rotatable bonds is 7. The van der Waals surface area contributed by atoms with Gasteiger partial charge in [-0.25, -0.2) is 8.42 Å². The van der Waals surface area contributed by atoms with E-state index in [1.807, 2.05) is 26.0 Å². The maximum Gasteiger partial charge on any atom is 0.243 e. The van der Waals surface area contributed by atoms with Crippen molar-refractivity contribution >= 4 is 15.8 Å². The van der Waals surface area contributed by atoms with Crippen LogP contribution in [0.5, 0.6) is 0 Å². The molecule has 1 aliphatic heterocycles. The summed E-state index contributed by atoms with van der Waals surface area (Å²) in [5, 5.41) is 0. The average Bonchev–Trinajstić information content (AvgIpc) is 2.69. The number of benzene rings is 2. The Balaban J connectivity index is 1.51. The Hall–Kier alpha value is -1.98. The second-order valence-corrected chi connectivity index (χ2v) is 10.2. The number of carbonyl (C=O) groups excluding carboxylic acids is 1. The molecule has 3 rings (SSSR count). The van der Waals surface area contributed by atoms with Gasteiger partial charge in [0.05, 0.1) is 4.90 Å². The lowest BCUT2D eigenvalue weighted by Gasteiger charge is -2.31. The Labute approximate surface area is 175 Å². The minimum absolute atomic E-state index is 0.0152. The lowest BCUT2D eigenvalue weighted by Crippen LogP contribution is -2.40. The highest BCUT2D eigenvalue weighted by Crippen LogP contribution is 2.27. The van der Waals surface area contributed by atoms with E-state index in [0.29, 0.717) is 37.2 Å². The van der Waals surface area contributed by atoms with E-state index in [1.165, 1.54) is 11.1 Å². The van der Waals surface area contributed by atoms with E-state index in [4.69, 9.17) is 0 Å². The highest BCUT2D eigenvalue weighted by Gasteiger charge is 2.32. The molecule has 2 aromatic rings. The molecule has 156 valence electrons. The summed E-state index contributed by atoms with van der Waals surface area (Å²) in [6.45, 7) is 6.71. The summed E-state index contributed by atoms with van der Waals surface area (Å²) in [7, 11) is -3.49. The van der Waals surface area contributed by atoms with Gasteiger partial charge in [-0.3, -0.25) is 4.79 Å². The normalized spacial score (nSPS) is 16.1. The van der Waals surface area contributed by atoms with E-state index in [9.17, 15) is 13.2 Å². The van der Waals surface area contributed by atoms with Gasteiger partial charge in [0.15, 0.2) is 0 Å². The number of sulfonamides is 1. The third-order valence-electron chi connectivity index (χ3n) is 5.87. The fraction of sp³-hybridized carbons (Fsp3) is 0.458. The van der Waals surface area contributed by atoms with Gasteiger partial charge < -0.3 is 0 Å². The topological polar surface area (TPSA) is 54.5 Å². The van der Waals surface area contributed by atoms with E-state index in [1.54, 1.807) is 10.4 Å². The molecular weight excluding hydrogens is 382 g/mol. The summed E-state index contributed by atoms with van der Waals surface area (Å²) in [4.78, 5) is 13.0. The zero-order valence-electron chi connectivity index (χ0n) is 17.6. The number of hydrogen-bond acceptors (Lipinski definition) is 3. The molecule has 1 aliphatic rings. The fourth-order valence-corrected chi connectivity index (χ4v) is 5.75. The molecule has 0 atom stereocenters. The van der Waals surface area contributed by atoms with Crippen molar-refractivity contribution in [2.24, 2.45) is 5.92 Å². The molecule has 0 unspecified atom stereocenters. The molecule has 5 heteroatoms. The summed E-state index contributed by atoms with van der Waals surface area (Å²) in [5.74, 6) is 0.263. The average molecular weight is 414 g/mol. The standard InChI is InChI=1S/C24H31NO3S/c1-18-7-10-21(11-8-18)5-4-6-23(26)22-13-15-25(16-14-22)29(27,28)24-12-9-19(2)17-20(24)3/h7-12,17,22H,4-6,13-16H2,1-3H3. The third kappa shape index (κ3) is 5.34. The van der Waals surface area contributed by atoms with Gasteiger partial charge in [-0.1, -0.05) is 47.5 Å². The molecule has 0 radical (unpaired) electrons. The Morgan fingerprint density at radius 2 is 1.59 bits per heavy atom. The maximum atomic E-state index is 13.0. The van der Waals surface area contributed by atoms with Crippen LogP contribution >= 0.6 is 0 Å². The van der Waals surface area contributed by atoms with Gasteiger partial charge >= 0.3 is 0 Å². The number of hydrogen-bond donors (Lipinski definition) is 0. The van der Waals surface area contributed by atoms with Crippen LogP contribution in [0.2, 0.25) is 0 Å². The van der Waals surface area contributed by atoms with Crippen molar-refractivity contribution < 1.29 is 13.2 Å². The van der Waals surface area contributed by atoms with Crippen molar-refractivity contribution in [1.82, 2.24) is 4.31 Å². The van der Waals surface area contributed by atoms with Gasteiger partial charge in [0, 0.05) is 25.4 Å². The third-order valence-corrected chi connectivity index (χ3v) is 7.93. The molecule has 1 saturated heterocycles. The monoisotopic (exact) mass is 413 g/mol. The molecule has 0 saturated carbocycles. The number of Topliss-reactive ketones (excluding diaryl/α,β-unsaturated/α-hetero) is 1. The van der Waals surface area contributed by atoms with E-state index in [0.717, 1.165) is 24.0 Å².